The molecule has 2 aliphatic heterocycles. The Morgan fingerprint density at radius 2 is 1.90 bits per heavy atom. The molecule has 116 valence electrons. The second-order valence-corrected chi connectivity index (χ2v) is 6.80. The lowest BCUT2D eigenvalue weighted by Gasteiger charge is -2.25. The highest BCUT2D eigenvalue weighted by molar-refractivity contribution is 5.31. The van der Waals surface area contributed by atoms with Crippen LogP contribution in [0.2, 0.25) is 0 Å². The van der Waals surface area contributed by atoms with Crippen LogP contribution >= 0.6 is 0 Å². The Bertz CT molecular complexity index is 482. The molecule has 3 nitrogen and oxygen atoms in total. The number of aliphatic hydroxyl groups is 1. The molecule has 0 bridgehead atoms. The number of aryl methyl sites for hydroxylation is 2. The SMILES string of the molecule is Cc1ccc(C(O)CN2CCC(N3CCCC3)C2)cc1C. The highest BCUT2D eigenvalue weighted by Gasteiger charge is 2.30. The van der Waals surface area contributed by atoms with Gasteiger partial charge in [0.05, 0.1) is 6.10 Å². The first-order chi connectivity index (χ1) is 10.1. The molecule has 0 radical (unpaired) electrons. The van der Waals surface area contributed by atoms with Crippen molar-refractivity contribution in [3.63, 3.8) is 0 Å². The summed E-state index contributed by atoms with van der Waals surface area (Å²) in [6, 6.07) is 7.04. The van der Waals surface area contributed by atoms with Gasteiger partial charge in [-0.15, -0.1) is 0 Å². The molecule has 21 heavy (non-hydrogen) atoms. The van der Waals surface area contributed by atoms with Crippen molar-refractivity contribution in [2.45, 2.75) is 45.3 Å². The molecule has 2 atom stereocenters. The molecule has 2 unspecified atom stereocenters. The van der Waals surface area contributed by atoms with E-state index in [9.17, 15) is 5.11 Å². The molecule has 3 rings (SSSR count). The van der Waals surface area contributed by atoms with Crippen LogP contribution in [0.4, 0.5) is 0 Å². The summed E-state index contributed by atoms with van der Waals surface area (Å²) >= 11 is 0. The van der Waals surface area contributed by atoms with Gasteiger partial charge in [0, 0.05) is 19.1 Å². The van der Waals surface area contributed by atoms with Crippen molar-refractivity contribution in [2.24, 2.45) is 0 Å². The van der Waals surface area contributed by atoms with E-state index >= 15 is 0 Å². The Morgan fingerprint density at radius 3 is 2.62 bits per heavy atom. The maximum Gasteiger partial charge on any atom is 0.0917 e. The first-order valence-electron chi connectivity index (χ1n) is 8.35. The third kappa shape index (κ3) is 3.47. The average molecular weight is 288 g/mol. The maximum absolute atomic E-state index is 10.5. The number of likely N-dealkylation sites (tertiary alicyclic amines) is 2. The van der Waals surface area contributed by atoms with E-state index in [0.29, 0.717) is 0 Å². The third-order valence-electron chi connectivity index (χ3n) is 5.25. The molecule has 0 aromatic heterocycles. The van der Waals surface area contributed by atoms with Crippen molar-refractivity contribution in [1.29, 1.82) is 0 Å². The predicted molar refractivity (Wildman–Crippen MR) is 86.5 cm³/mol. The summed E-state index contributed by atoms with van der Waals surface area (Å²) < 4.78 is 0. The van der Waals surface area contributed by atoms with Crippen LogP contribution in [0, 0.1) is 13.8 Å². The molecule has 3 heteroatoms. The Balaban J connectivity index is 1.55. The number of aliphatic hydroxyl groups excluding tert-OH is 1. The van der Waals surface area contributed by atoms with Crippen LogP contribution in [-0.4, -0.2) is 53.7 Å². The van der Waals surface area contributed by atoms with E-state index < -0.39 is 0 Å². The van der Waals surface area contributed by atoms with Gasteiger partial charge in [0.2, 0.25) is 0 Å². The molecule has 2 fully saturated rings. The highest BCUT2D eigenvalue weighted by atomic mass is 16.3. The van der Waals surface area contributed by atoms with Gasteiger partial charge < -0.3 is 5.11 Å². The van der Waals surface area contributed by atoms with Gasteiger partial charge in [-0.2, -0.15) is 0 Å². The van der Waals surface area contributed by atoms with Crippen LogP contribution in [0.15, 0.2) is 18.2 Å². The maximum atomic E-state index is 10.5. The fourth-order valence-corrected chi connectivity index (χ4v) is 3.70. The van der Waals surface area contributed by atoms with Crippen molar-refractivity contribution >= 4 is 0 Å². The number of nitrogens with zero attached hydrogens (tertiary/aromatic N) is 2. The van der Waals surface area contributed by atoms with E-state index in [-0.39, 0.29) is 6.10 Å². The van der Waals surface area contributed by atoms with Crippen LogP contribution in [0.1, 0.15) is 42.1 Å². The first-order valence-corrected chi connectivity index (χ1v) is 8.35. The Kier molecular flexibility index (Phi) is 4.63. The lowest BCUT2D eigenvalue weighted by molar-refractivity contribution is 0.120. The van der Waals surface area contributed by atoms with Gasteiger partial charge in [0.25, 0.3) is 0 Å². The molecular formula is C18H28N2O. The summed E-state index contributed by atoms with van der Waals surface area (Å²) in [4.78, 5) is 5.07. The van der Waals surface area contributed by atoms with Crippen molar-refractivity contribution < 1.29 is 5.11 Å². The van der Waals surface area contributed by atoms with Crippen LogP contribution in [-0.2, 0) is 0 Å². The third-order valence-corrected chi connectivity index (χ3v) is 5.25. The summed E-state index contributed by atoms with van der Waals surface area (Å²) in [6.07, 6.45) is 3.63. The topological polar surface area (TPSA) is 26.7 Å². The summed E-state index contributed by atoms with van der Waals surface area (Å²) in [5, 5.41) is 10.5. The molecule has 1 N–H and O–H groups in total. The van der Waals surface area contributed by atoms with E-state index in [1.165, 1.54) is 43.5 Å². The van der Waals surface area contributed by atoms with Crippen LogP contribution in [0.25, 0.3) is 0 Å². The molecule has 2 saturated heterocycles. The fraction of sp³-hybridized carbons (Fsp3) is 0.667. The molecule has 0 saturated carbocycles. The Labute approximate surface area is 128 Å². The second kappa shape index (κ2) is 6.47. The van der Waals surface area contributed by atoms with Crippen molar-refractivity contribution in [3.8, 4) is 0 Å². The standard InChI is InChI=1S/C18H28N2O/c1-14-5-6-16(11-15(14)2)18(21)13-19-10-7-17(12-19)20-8-3-4-9-20/h5-6,11,17-18,21H,3-4,7-10,12-13H2,1-2H3. The molecule has 1 aromatic carbocycles. The molecular weight excluding hydrogens is 260 g/mol. The molecule has 1 aromatic rings. The molecule has 0 amide bonds. The van der Waals surface area contributed by atoms with Crippen LogP contribution in [0.3, 0.4) is 0 Å². The number of benzene rings is 1. The van der Waals surface area contributed by atoms with Crippen LogP contribution in [0.5, 0.6) is 0 Å². The van der Waals surface area contributed by atoms with Crippen molar-refractivity contribution in [2.75, 3.05) is 32.7 Å². The van der Waals surface area contributed by atoms with E-state index in [1.54, 1.807) is 0 Å². The Hall–Kier alpha value is -0.900. The summed E-state index contributed by atoms with van der Waals surface area (Å²) in [6.45, 7) is 9.81. The van der Waals surface area contributed by atoms with Gasteiger partial charge >= 0.3 is 0 Å². The lowest BCUT2D eigenvalue weighted by atomic mass is 10.0. The van der Waals surface area contributed by atoms with E-state index in [0.717, 1.165) is 31.2 Å². The Morgan fingerprint density at radius 1 is 1.14 bits per heavy atom. The van der Waals surface area contributed by atoms with Crippen molar-refractivity contribution in [3.05, 3.63) is 34.9 Å². The zero-order valence-electron chi connectivity index (χ0n) is 13.4. The van der Waals surface area contributed by atoms with Gasteiger partial charge in [-0.3, -0.25) is 9.80 Å². The number of β-amino-alcohol motifs (C(OH)–C–C–N with tert-alkyl or cyclic N) is 1. The minimum absolute atomic E-state index is 0.360. The minimum Gasteiger partial charge on any atom is -0.387 e. The highest BCUT2D eigenvalue weighted by Crippen LogP contribution is 2.23. The summed E-state index contributed by atoms with van der Waals surface area (Å²) in [5.41, 5.74) is 3.62. The van der Waals surface area contributed by atoms with Gasteiger partial charge in [0.15, 0.2) is 0 Å². The first kappa shape index (κ1) is 15.0. The molecule has 2 aliphatic rings. The molecule has 0 spiro atoms. The number of hydrogen-bond donors (Lipinski definition) is 1. The van der Waals surface area contributed by atoms with Crippen molar-refractivity contribution in [1.82, 2.24) is 9.80 Å². The van der Waals surface area contributed by atoms with E-state index in [2.05, 4.69) is 41.8 Å². The van der Waals surface area contributed by atoms with Gasteiger partial charge in [-0.25, -0.2) is 0 Å². The zero-order chi connectivity index (χ0) is 14.8. The molecule has 0 aliphatic carbocycles. The largest absolute Gasteiger partial charge is 0.387 e. The zero-order valence-corrected chi connectivity index (χ0v) is 13.4. The smallest absolute Gasteiger partial charge is 0.0917 e. The number of rotatable bonds is 4. The molecule has 2 heterocycles. The lowest BCUT2D eigenvalue weighted by Crippen LogP contribution is -2.36. The van der Waals surface area contributed by atoms with Crippen LogP contribution < -0.4 is 0 Å². The normalized spacial score (nSPS) is 25.6. The van der Waals surface area contributed by atoms with Gasteiger partial charge in [0.1, 0.15) is 0 Å². The second-order valence-electron chi connectivity index (χ2n) is 6.80. The predicted octanol–water partition coefficient (Wildman–Crippen LogP) is 2.51. The van der Waals surface area contributed by atoms with E-state index in [4.69, 9.17) is 0 Å². The monoisotopic (exact) mass is 288 g/mol. The minimum atomic E-state index is -0.360. The summed E-state index contributed by atoms with van der Waals surface area (Å²) in [7, 11) is 0. The van der Waals surface area contributed by atoms with Gasteiger partial charge in [-0.1, -0.05) is 18.2 Å². The summed E-state index contributed by atoms with van der Waals surface area (Å²) in [5.74, 6) is 0. The number of hydrogen-bond acceptors (Lipinski definition) is 3. The average Bonchev–Trinajstić information content (AvgIpc) is 3.12. The fourth-order valence-electron chi connectivity index (χ4n) is 3.70. The quantitative estimate of drug-likeness (QED) is 0.922. The van der Waals surface area contributed by atoms with Gasteiger partial charge in [-0.05, 0) is 69.4 Å². The van der Waals surface area contributed by atoms with E-state index in [1.807, 2.05) is 0 Å².